The van der Waals surface area contributed by atoms with E-state index in [-0.39, 0.29) is 5.91 Å². The molecule has 0 heterocycles. The summed E-state index contributed by atoms with van der Waals surface area (Å²) in [6.07, 6.45) is 4.22. The average molecular weight is 252 g/mol. The van der Waals surface area contributed by atoms with Crippen LogP contribution in [0.1, 0.15) is 24.4 Å². The van der Waals surface area contributed by atoms with Crippen molar-refractivity contribution in [2.75, 3.05) is 18.6 Å². The highest BCUT2D eigenvalue weighted by Gasteiger charge is 2.14. The first kappa shape index (κ1) is 14.1. The first-order chi connectivity index (χ1) is 8.25. The third-order valence-corrected chi connectivity index (χ3v) is 3.21. The van der Waals surface area contributed by atoms with Gasteiger partial charge in [0.1, 0.15) is 6.04 Å². The van der Waals surface area contributed by atoms with Crippen molar-refractivity contribution < 1.29 is 4.79 Å². The van der Waals surface area contributed by atoms with Gasteiger partial charge in [-0.25, -0.2) is 0 Å². The second kappa shape index (κ2) is 8.14. The minimum atomic E-state index is -0.559. The molecule has 1 atom stereocenters. The molecule has 1 unspecified atom stereocenters. The van der Waals surface area contributed by atoms with Crippen LogP contribution in [0.3, 0.4) is 0 Å². The summed E-state index contributed by atoms with van der Waals surface area (Å²) in [5.41, 5.74) is 6.72. The van der Waals surface area contributed by atoms with Crippen LogP contribution in [-0.4, -0.2) is 24.5 Å². The van der Waals surface area contributed by atoms with E-state index >= 15 is 0 Å². The lowest BCUT2D eigenvalue weighted by atomic mass is 10.1. The van der Waals surface area contributed by atoms with Crippen molar-refractivity contribution in [3.63, 3.8) is 0 Å². The van der Waals surface area contributed by atoms with E-state index < -0.39 is 6.04 Å². The molecule has 4 heteroatoms. The third-order valence-electron chi connectivity index (χ3n) is 2.52. The highest BCUT2D eigenvalue weighted by Crippen LogP contribution is 2.09. The molecule has 0 saturated carbocycles. The molecule has 0 aliphatic carbocycles. The Morgan fingerprint density at radius 2 is 2.06 bits per heavy atom. The monoisotopic (exact) mass is 252 g/mol. The zero-order valence-electron chi connectivity index (χ0n) is 10.2. The Morgan fingerprint density at radius 3 is 2.71 bits per heavy atom. The summed E-state index contributed by atoms with van der Waals surface area (Å²) < 4.78 is 0. The number of nitrogens with two attached hydrogens (primary N) is 1. The van der Waals surface area contributed by atoms with Crippen molar-refractivity contribution in [1.29, 1.82) is 0 Å². The Hall–Kier alpha value is -1.00. The van der Waals surface area contributed by atoms with Crippen molar-refractivity contribution in [2.24, 2.45) is 5.73 Å². The lowest BCUT2D eigenvalue weighted by Gasteiger charge is -2.12. The summed E-state index contributed by atoms with van der Waals surface area (Å²) in [5.74, 6) is 1.04. The van der Waals surface area contributed by atoms with Gasteiger partial charge in [0.05, 0.1) is 0 Å². The summed E-state index contributed by atoms with van der Waals surface area (Å²) in [7, 11) is 0. The standard InChI is InChI=1S/C13H20N2OS/c1-17-10-6-5-9-15-13(16)12(14)11-7-3-2-4-8-11/h2-4,7-8,12H,5-6,9-10,14H2,1H3,(H,15,16). The minimum Gasteiger partial charge on any atom is -0.354 e. The van der Waals surface area contributed by atoms with E-state index in [2.05, 4.69) is 11.6 Å². The number of hydrogen-bond acceptors (Lipinski definition) is 3. The van der Waals surface area contributed by atoms with Crippen molar-refractivity contribution in [1.82, 2.24) is 5.32 Å². The van der Waals surface area contributed by atoms with E-state index in [4.69, 9.17) is 5.73 Å². The minimum absolute atomic E-state index is 0.0969. The fraction of sp³-hybridized carbons (Fsp3) is 0.462. The van der Waals surface area contributed by atoms with Crippen LogP contribution in [0.5, 0.6) is 0 Å². The van der Waals surface area contributed by atoms with Gasteiger partial charge in [-0.2, -0.15) is 11.8 Å². The van der Waals surface area contributed by atoms with Gasteiger partial charge in [0.2, 0.25) is 5.91 Å². The quantitative estimate of drug-likeness (QED) is 0.729. The van der Waals surface area contributed by atoms with Crippen LogP contribution in [0.25, 0.3) is 0 Å². The van der Waals surface area contributed by atoms with Gasteiger partial charge in [-0.1, -0.05) is 30.3 Å². The van der Waals surface area contributed by atoms with Gasteiger partial charge in [0, 0.05) is 6.54 Å². The molecule has 3 nitrogen and oxygen atoms in total. The lowest BCUT2D eigenvalue weighted by molar-refractivity contribution is -0.122. The number of carbonyl (C=O) groups excluding carboxylic acids is 1. The molecular formula is C13H20N2OS. The molecule has 0 aromatic heterocycles. The van der Waals surface area contributed by atoms with Crippen LogP contribution in [0.4, 0.5) is 0 Å². The molecule has 0 fully saturated rings. The summed E-state index contributed by atoms with van der Waals surface area (Å²) in [4.78, 5) is 11.7. The molecule has 0 saturated heterocycles. The number of nitrogens with one attached hydrogen (secondary N) is 1. The largest absolute Gasteiger partial charge is 0.354 e. The van der Waals surface area contributed by atoms with Crippen LogP contribution in [-0.2, 0) is 4.79 Å². The van der Waals surface area contributed by atoms with Gasteiger partial charge in [-0.3, -0.25) is 4.79 Å². The van der Waals surface area contributed by atoms with Crippen LogP contribution >= 0.6 is 11.8 Å². The van der Waals surface area contributed by atoms with Gasteiger partial charge in [-0.05, 0) is 30.4 Å². The van der Waals surface area contributed by atoms with E-state index in [0.29, 0.717) is 6.54 Å². The molecule has 1 aromatic rings. The first-order valence-corrected chi connectivity index (χ1v) is 7.22. The smallest absolute Gasteiger partial charge is 0.241 e. The maximum atomic E-state index is 11.7. The summed E-state index contributed by atoms with van der Waals surface area (Å²) in [6, 6.07) is 8.88. The maximum Gasteiger partial charge on any atom is 0.241 e. The second-order valence-electron chi connectivity index (χ2n) is 3.88. The number of carbonyl (C=O) groups is 1. The third kappa shape index (κ3) is 5.24. The molecular weight excluding hydrogens is 232 g/mol. The first-order valence-electron chi connectivity index (χ1n) is 5.83. The fourth-order valence-corrected chi connectivity index (χ4v) is 2.00. The summed E-state index contributed by atoms with van der Waals surface area (Å²) in [6.45, 7) is 0.708. The Bertz CT molecular complexity index is 329. The molecule has 0 bridgehead atoms. The SMILES string of the molecule is CSCCCCNC(=O)C(N)c1ccccc1. The van der Waals surface area contributed by atoms with Gasteiger partial charge in [0.15, 0.2) is 0 Å². The zero-order valence-corrected chi connectivity index (χ0v) is 11.0. The van der Waals surface area contributed by atoms with E-state index in [0.717, 1.165) is 24.2 Å². The normalized spacial score (nSPS) is 12.1. The molecule has 0 aliphatic heterocycles. The highest BCUT2D eigenvalue weighted by atomic mass is 32.2. The Labute approximate surface area is 107 Å². The molecule has 94 valence electrons. The maximum absolute atomic E-state index is 11.7. The van der Waals surface area contributed by atoms with E-state index in [1.54, 1.807) is 0 Å². The van der Waals surface area contributed by atoms with Gasteiger partial charge < -0.3 is 11.1 Å². The predicted octanol–water partition coefficient (Wildman–Crippen LogP) is 1.95. The van der Waals surface area contributed by atoms with Crippen molar-refractivity contribution in [3.05, 3.63) is 35.9 Å². The van der Waals surface area contributed by atoms with E-state index in [9.17, 15) is 4.79 Å². The number of hydrogen-bond donors (Lipinski definition) is 2. The van der Waals surface area contributed by atoms with Crippen LogP contribution < -0.4 is 11.1 Å². The Kier molecular flexibility index (Phi) is 6.74. The molecule has 0 aliphatic rings. The van der Waals surface area contributed by atoms with Crippen LogP contribution in [0, 0.1) is 0 Å². The van der Waals surface area contributed by atoms with Crippen molar-refractivity contribution in [2.45, 2.75) is 18.9 Å². The predicted molar refractivity (Wildman–Crippen MR) is 74.0 cm³/mol. The molecule has 1 aromatic carbocycles. The van der Waals surface area contributed by atoms with Crippen LogP contribution in [0.15, 0.2) is 30.3 Å². The fourth-order valence-electron chi connectivity index (χ4n) is 1.50. The van der Waals surface area contributed by atoms with Gasteiger partial charge >= 0.3 is 0 Å². The number of thioether (sulfide) groups is 1. The molecule has 1 rings (SSSR count). The van der Waals surface area contributed by atoms with Crippen molar-refractivity contribution >= 4 is 17.7 Å². The number of unbranched alkanes of at least 4 members (excludes halogenated alkanes) is 1. The lowest BCUT2D eigenvalue weighted by Crippen LogP contribution is -2.34. The van der Waals surface area contributed by atoms with Crippen molar-refractivity contribution in [3.8, 4) is 0 Å². The topological polar surface area (TPSA) is 55.1 Å². The molecule has 0 spiro atoms. The second-order valence-corrected chi connectivity index (χ2v) is 4.86. The average Bonchev–Trinajstić information content (AvgIpc) is 2.38. The zero-order chi connectivity index (χ0) is 12.5. The molecule has 0 radical (unpaired) electrons. The van der Waals surface area contributed by atoms with E-state index in [1.807, 2.05) is 42.1 Å². The molecule has 17 heavy (non-hydrogen) atoms. The van der Waals surface area contributed by atoms with Gasteiger partial charge in [0.25, 0.3) is 0 Å². The Morgan fingerprint density at radius 1 is 1.35 bits per heavy atom. The molecule has 1 amide bonds. The van der Waals surface area contributed by atoms with Crippen LogP contribution in [0.2, 0.25) is 0 Å². The summed E-state index contributed by atoms with van der Waals surface area (Å²) >= 11 is 1.83. The summed E-state index contributed by atoms with van der Waals surface area (Å²) in [5, 5.41) is 2.87. The van der Waals surface area contributed by atoms with E-state index in [1.165, 1.54) is 0 Å². The number of rotatable bonds is 7. The molecule has 3 N–H and O–H groups in total. The van der Waals surface area contributed by atoms with Gasteiger partial charge in [-0.15, -0.1) is 0 Å². The number of benzene rings is 1. The highest BCUT2D eigenvalue weighted by molar-refractivity contribution is 7.98. The Balaban J connectivity index is 2.28. The number of amides is 1.